The first-order chi connectivity index (χ1) is 9.20. The molecule has 1 saturated heterocycles. The van der Waals surface area contributed by atoms with Gasteiger partial charge in [-0.05, 0) is 44.0 Å². The number of piperidine rings is 1. The molecule has 2 rings (SSSR count). The molecule has 0 aliphatic carbocycles. The van der Waals surface area contributed by atoms with E-state index >= 15 is 0 Å². The van der Waals surface area contributed by atoms with Crippen molar-refractivity contribution in [2.75, 3.05) is 13.1 Å². The van der Waals surface area contributed by atoms with Crippen LogP contribution >= 0.6 is 24.0 Å². The lowest BCUT2D eigenvalue weighted by Crippen LogP contribution is -2.48. The SMILES string of the molecule is CCN(Cc1cccc(Cl)c1)C(=O)C1CCCCN1.Cl. The second-order valence-corrected chi connectivity index (χ2v) is 5.42. The van der Waals surface area contributed by atoms with Gasteiger partial charge >= 0.3 is 0 Å². The van der Waals surface area contributed by atoms with E-state index in [9.17, 15) is 4.79 Å². The van der Waals surface area contributed by atoms with Crippen LogP contribution in [0.3, 0.4) is 0 Å². The number of hydrogen-bond donors (Lipinski definition) is 1. The van der Waals surface area contributed by atoms with Crippen molar-refractivity contribution in [2.24, 2.45) is 0 Å². The Balaban J connectivity index is 0.00000200. The molecule has 1 amide bonds. The monoisotopic (exact) mass is 316 g/mol. The third-order valence-electron chi connectivity index (χ3n) is 3.56. The molecular weight excluding hydrogens is 295 g/mol. The second-order valence-electron chi connectivity index (χ2n) is 4.98. The number of carbonyl (C=O) groups is 1. The highest BCUT2D eigenvalue weighted by molar-refractivity contribution is 6.30. The van der Waals surface area contributed by atoms with Crippen molar-refractivity contribution < 1.29 is 4.79 Å². The van der Waals surface area contributed by atoms with Gasteiger partial charge in [0.1, 0.15) is 0 Å². The normalized spacial score (nSPS) is 18.2. The smallest absolute Gasteiger partial charge is 0.239 e. The van der Waals surface area contributed by atoms with Crippen molar-refractivity contribution in [2.45, 2.75) is 38.8 Å². The van der Waals surface area contributed by atoms with E-state index in [4.69, 9.17) is 11.6 Å². The van der Waals surface area contributed by atoms with Gasteiger partial charge in [0, 0.05) is 18.1 Å². The van der Waals surface area contributed by atoms with Gasteiger partial charge in [-0.25, -0.2) is 0 Å². The largest absolute Gasteiger partial charge is 0.337 e. The zero-order valence-corrected chi connectivity index (χ0v) is 13.3. The number of nitrogens with one attached hydrogen (secondary N) is 1. The molecule has 20 heavy (non-hydrogen) atoms. The van der Waals surface area contributed by atoms with Crippen LogP contribution in [0.25, 0.3) is 0 Å². The number of likely N-dealkylation sites (N-methyl/N-ethyl adjacent to an activating group) is 1. The molecule has 1 aromatic rings. The summed E-state index contributed by atoms with van der Waals surface area (Å²) < 4.78 is 0. The second kappa shape index (κ2) is 8.50. The molecule has 1 aliphatic rings. The average Bonchev–Trinajstić information content (AvgIpc) is 2.45. The topological polar surface area (TPSA) is 32.3 Å². The van der Waals surface area contributed by atoms with E-state index in [1.165, 1.54) is 6.42 Å². The summed E-state index contributed by atoms with van der Waals surface area (Å²) >= 11 is 5.98. The fourth-order valence-corrected chi connectivity index (χ4v) is 2.70. The first-order valence-corrected chi connectivity index (χ1v) is 7.35. The van der Waals surface area contributed by atoms with Gasteiger partial charge < -0.3 is 10.2 Å². The maximum absolute atomic E-state index is 12.4. The molecule has 5 heteroatoms. The summed E-state index contributed by atoms with van der Waals surface area (Å²) in [6.07, 6.45) is 3.26. The molecule has 0 radical (unpaired) electrons. The van der Waals surface area contributed by atoms with E-state index in [2.05, 4.69) is 5.32 Å². The minimum atomic E-state index is -0.00659. The summed E-state index contributed by atoms with van der Waals surface area (Å²) in [7, 11) is 0. The molecular formula is C15H22Cl2N2O. The molecule has 0 aromatic heterocycles. The first-order valence-electron chi connectivity index (χ1n) is 6.97. The Morgan fingerprint density at radius 2 is 2.25 bits per heavy atom. The van der Waals surface area contributed by atoms with Gasteiger partial charge in [0.15, 0.2) is 0 Å². The maximum Gasteiger partial charge on any atom is 0.239 e. The van der Waals surface area contributed by atoms with Crippen molar-refractivity contribution in [1.82, 2.24) is 10.2 Å². The number of halogens is 2. The highest BCUT2D eigenvalue weighted by atomic mass is 35.5. The molecule has 1 heterocycles. The van der Waals surface area contributed by atoms with Crippen LogP contribution in [-0.4, -0.2) is 29.9 Å². The molecule has 1 aromatic carbocycles. The minimum Gasteiger partial charge on any atom is -0.337 e. The number of rotatable bonds is 4. The number of amides is 1. The van der Waals surface area contributed by atoms with Gasteiger partial charge in [-0.2, -0.15) is 0 Å². The van der Waals surface area contributed by atoms with E-state index in [0.29, 0.717) is 6.54 Å². The quantitative estimate of drug-likeness (QED) is 0.924. The zero-order chi connectivity index (χ0) is 13.7. The van der Waals surface area contributed by atoms with E-state index in [-0.39, 0.29) is 24.4 Å². The summed E-state index contributed by atoms with van der Waals surface area (Å²) in [6, 6.07) is 7.70. The Labute approximate surface area is 132 Å². The predicted molar refractivity (Wildman–Crippen MR) is 85.4 cm³/mol. The van der Waals surface area contributed by atoms with Crippen LogP contribution in [0.1, 0.15) is 31.7 Å². The highest BCUT2D eigenvalue weighted by Gasteiger charge is 2.24. The average molecular weight is 317 g/mol. The van der Waals surface area contributed by atoms with Crippen molar-refractivity contribution in [3.8, 4) is 0 Å². The lowest BCUT2D eigenvalue weighted by Gasteiger charge is -2.29. The van der Waals surface area contributed by atoms with Gasteiger partial charge in [0.2, 0.25) is 5.91 Å². The van der Waals surface area contributed by atoms with Crippen molar-refractivity contribution in [3.63, 3.8) is 0 Å². The summed E-state index contributed by atoms with van der Waals surface area (Å²) in [6.45, 7) is 4.33. The van der Waals surface area contributed by atoms with Gasteiger partial charge in [-0.1, -0.05) is 30.2 Å². The molecule has 1 atom stereocenters. The Bertz CT molecular complexity index is 434. The van der Waals surface area contributed by atoms with E-state index in [1.54, 1.807) is 0 Å². The van der Waals surface area contributed by atoms with Crippen LogP contribution in [0.15, 0.2) is 24.3 Å². The maximum atomic E-state index is 12.4. The fraction of sp³-hybridized carbons (Fsp3) is 0.533. The van der Waals surface area contributed by atoms with Gasteiger partial charge in [-0.3, -0.25) is 4.79 Å². The third-order valence-corrected chi connectivity index (χ3v) is 3.80. The van der Waals surface area contributed by atoms with E-state index in [1.807, 2.05) is 36.1 Å². The summed E-state index contributed by atoms with van der Waals surface area (Å²) in [5.41, 5.74) is 1.08. The number of hydrogen-bond acceptors (Lipinski definition) is 2. The Morgan fingerprint density at radius 1 is 1.45 bits per heavy atom. The van der Waals surface area contributed by atoms with Crippen LogP contribution in [0, 0.1) is 0 Å². The Morgan fingerprint density at radius 3 is 2.85 bits per heavy atom. The summed E-state index contributed by atoms with van der Waals surface area (Å²) in [5, 5.41) is 4.03. The molecule has 0 spiro atoms. The van der Waals surface area contributed by atoms with Crippen LogP contribution in [0.2, 0.25) is 5.02 Å². The van der Waals surface area contributed by atoms with Crippen molar-refractivity contribution in [3.05, 3.63) is 34.9 Å². The summed E-state index contributed by atoms with van der Waals surface area (Å²) in [4.78, 5) is 14.3. The van der Waals surface area contributed by atoms with Crippen molar-refractivity contribution >= 4 is 29.9 Å². The molecule has 112 valence electrons. The highest BCUT2D eigenvalue weighted by Crippen LogP contribution is 2.15. The molecule has 3 nitrogen and oxygen atoms in total. The van der Waals surface area contributed by atoms with E-state index in [0.717, 1.165) is 36.5 Å². The number of nitrogens with zero attached hydrogens (tertiary/aromatic N) is 1. The van der Waals surface area contributed by atoms with Gasteiger partial charge in [-0.15, -0.1) is 12.4 Å². The van der Waals surface area contributed by atoms with Gasteiger partial charge in [0.05, 0.1) is 6.04 Å². The molecule has 1 fully saturated rings. The van der Waals surface area contributed by atoms with Crippen LogP contribution in [-0.2, 0) is 11.3 Å². The van der Waals surface area contributed by atoms with Crippen LogP contribution in [0.5, 0.6) is 0 Å². The lowest BCUT2D eigenvalue weighted by molar-refractivity contribution is -0.134. The fourth-order valence-electron chi connectivity index (χ4n) is 2.48. The number of carbonyl (C=O) groups excluding carboxylic acids is 1. The molecule has 1 unspecified atom stereocenters. The molecule has 0 saturated carbocycles. The molecule has 1 aliphatic heterocycles. The zero-order valence-electron chi connectivity index (χ0n) is 11.8. The van der Waals surface area contributed by atoms with Crippen molar-refractivity contribution in [1.29, 1.82) is 0 Å². The third kappa shape index (κ3) is 4.65. The predicted octanol–water partition coefficient (Wildman–Crippen LogP) is 3.25. The van der Waals surface area contributed by atoms with Crippen LogP contribution < -0.4 is 5.32 Å². The standard InChI is InChI=1S/C15H21ClN2O.ClH/c1-2-18(11-12-6-5-7-13(16)10-12)15(19)14-8-3-4-9-17-14;/h5-7,10,14,17H,2-4,8-9,11H2,1H3;1H. The summed E-state index contributed by atoms with van der Waals surface area (Å²) in [5.74, 6) is 0.210. The molecule has 0 bridgehead atoms. The molecule has 1 N–H and O–H groups in total. The van der Waals surface area contributed by atoms with Gasteiger partial charge in [0.25, 0.3) is 0 Å². The van der Waals surface area contributed by atoms with E-state index < -0.39 is 0 Å². The Kier molecular flexibility index (Phi) is 7.35. The minimum absolute atomic E-state index is 0. The Hall–Kier alpha value is -0.770. The lowest BCUT2D eigenvalue weighted by atomic mass is 10.0. The van der Waals surface area contributed by atoms with Crippen LogP contribution in [0.4, 0.5) is 0 Å². The number of benzene rings is 1. The first kappa shape index (κ1) is 17.3.